The number of carbonyl (C=O) groups is 3. The van der Waals surface area contributed by atoms with Crippen LogP contribution in [0, 0.1) is 0 Å². The topological polar surface area (TPSA) is 64.2 Å². The van der Waals surface area contributed by atoms with Crippen LogP contribution in [0.5, 0.6) is 0 Å². The normalized spacial score (nSPS) is 20.1. The molecule has 5 rings (SSSR count). The van der Waals surface area contributed by atoms with Crippen LogP contribution in [-0.4, -0.2) is 72.7 Å². The van der Waals surface area contributed by atoms with Gasteiger partial charge in [-0.15, -0.1) is 0 Å². The van der Waals surface area contributed by atoms with E-state index in [1.807, 2.05) is 30.3 Å². The van der Waals surface area contributed by atoms with Crippen molar-refractivity contribution in [1.82, 2.24) is 9.80 Å². The monoisotopic (exact) mass is 476 g/mol. The number of nitrogens with zero attached hydrogens (tertiary/aromatic N) is 4. The molecule has 0 bridgehead atoms. The van der Waals surface area contributed by atoms with Gasteiger partial charge in [0.2, 0.25) is 5.91 Å². The summed E-state index contributed by atoms with van der Waals surface area (Å²) in [7, 11) is 0. The molecule has 0 unspecified atom stereocenters. The molecule has 0 aromatic heterocycles. The third-order valence-electron chi connectivity index (χ3n) is 6.58. The Morgan fingerprint density at radius 1 is 0.794 bits per heavy atom. The number of hydrogen-bond donors (Lipinski definition) is 0. The van der Waals surface area contributed by atoms with Crippen molar-refractivity contribution in [3.8, 4) is 0 Å². The van der Waals surface area contributed by atoms with Crippen LogP contribution >= 0.6 is 11.8 Å². The number of thioether (sulfide) groups is 1. The average Bonchev–Trinajstić information content (AvgIpc) is 3.50. The first-order valence-electron chi connectivity index (χ1n) is 11.8. The molecule has 7 nitrogen and oxygen atoms in total. The van der Waals surface area contributed by atoms with Crippen molar-refractivity contribution < 1.29 is 14.4 Å². The zero-order valence-corrected chi connectivity index (χ0v) is 19.9. The number of imide groups is 1. The maximum absolute atomic E-state index is 12.9. The van der Waals surface area contributed by atoms with Crippen LogP contribution in [-0.2, 0) is 9.59 Å². The standard InChI is InChI=1S/C26H28N4O3S/c31-24(29-16-14-28(15-17-29)21-6-2-1-3-7-21)19-30-25(32)23(34-26(30)33)18-20-8-10-22(11-9-20)27-12-4-5-13-27/h1-3,6-11,18H,4-5,12-17,19H2/b23-18-. The first kappa shape index (κ1) is 22.5. The highest BCUT2D eigenvalue weighted by Crippen LogP contribution is 2.32. The van der Waals surface area contributed by atoms with Crippen LogP contribution in [0.15, 0.2) is 59.5 Å². The second kappa shape index (κ2) is 9.93. The molecule has 3 aliphatic heterocycles. The van der Waals surface area contributed by atoms with Crippen LogP contribution in [0.25, 0.3) is 6.08 Å². The summed E-state index contributed by atoms with van der Waals surface area (Å²) in [4.78, 5) is 46.0. The molecule has 2 aromatic carbocycles. The summed E-state index contributed by atoms with van der Waals surface area (Å²) in [6.45, 7) is 4.55. The third kappa shape index (κ3) is 4.82. The van der Waals surface area contributed by atoms with Gasteiger partial charge >= 0.3 is 0 Å². The second-order valence-electron chi connectivity index (χ2n) is 8.76. The number of piperazine rings is 1. The number of amides is 3. The molecule has 3 heterocycles. The molecule has 0 N–H and O–H groups in total. The summed E-state index contributed by atoms with van der Waals surface area (Å²) in [5, 5.41) is -0.388. The molecular weight excluding hydrogens is 448 g/mol. The summed E-state index contributed by atoms with van der Waals surface area (Å²) in [6.07, 6.45) is 4.18. The average molecular weight is 477 g/mol. The summed E-state index contributed by atoms with van der Waals surface area (Å²) in [5.41, 5.74) is 3.19. The van der Waals surface area contributed by atoms with Crippen LogP contribution < -0.4 is 9.80 Å². The largest absolute Gasteiger partial charge is 0.372 e. The summed E-state index contributed by atoms with van der Waals surface area (Å²) in [6, 6.07) is 18.2. The second-order valence-corrected chi connectivity index (χ2v) is 9.75. The lowest BCUT2D eigenvalue weighted by Crippen LogP contribution is -2.51. The van der Waals surface area contributed by atoms with E-state index in [0.29, 0.717) is 18.0 Å². The van der Waals surface area contributed by atoms with Crippen LogP contribution in [0.1, 0.15) is 18.4 Å². The third-order valence-corrected chi connectivity index (χ3v) is 7.49. The number of para-hydroxylation sites is 1. The molecule has 0 atom stereocenters. The van der Waals surface area contributed by atoms with E-state index in [0.717, 1.165) is 54.1 Å². The summed E-state index contributed by atoms with van der Waals surface area (Å²) < 4.78 is 0. The molecule has 0 radical (unpaired) electrons. The summed E-state index contributed by atoms with van der Waals surface area (Å²) in [5.74, 6) is -0.582. The van der Waals surface area contributed by atoms with E-state index in [-0.39, 0.29) is 17.7 Å². The van der Waals surface area contributed by atoms with Crippen molar-refractivity contribution in [1.29, 1.82) is 0 Å². The van der Waals surface area contributed by atoms with E-state index in [1.54, 1.807) is 11.0 Å². The minimum absolute atomic E-state index is 0.189. The number of anilines is 2. The number of hydrogen-bond acceptors (Lipinski definition) is 6. The van der Waals surface area contributed by atoms with Gasteiger partial charge in [0, 0.05) is 50.6 Å². The zero-order valence-electron chi connectivity index (χ0n) is 19.1. The lowest BCUT2D eigenvalue weighted by atomic mass is 10.2. The lowest BCUT2D eigenvalue weighted by Gasteiger charge is -2.36. The minimum atomic E-state index is -0.394. The quantitative estimate of drug-likeness (QED) is 0.614. The van der Waals surface area contributed by atoms with Crippen molar-refractivity contribution in [3.05, 3.63) is 65.1 Å². The Balaban J connectivity index is 1.18. The molecular formula is C26H28N4O3S. The van der Waals surface area contributed by atoms with E-state index in [1.165, 1.54) is 18.5 Å². The Hall–Kier alpha value is -3.26. The van der Waals surface area contributed by atoms with E-state index < -0.39 is 5.91 Å². The van der Waals surface area contributed by atoms with E-state index in [2.05, 4.69) is 34.1 Å². The maximum atomic E-state index is 12.9. The Morgan fingerprint density at radius 2 is 1.41 bits per heavy atom. The summed E-state index contributed by atoms with van der Waals surface area (Å²) >= 11 is 0.902. The Morgan fingerprint density at radius 3 is 2.09 bits per heavy atom. The maximum Gasteiger partial charge on any atom is 0.294 e. The highest BCUT2D eigenvalue weighted by Gasteiger charge is 2.37. The molecule has 0 spiro atoms. The number of rotatable bonds is 5. The van der Waals surface area contributed by atoms with E-state index in [4.69, 9.17) is 0 Å². The van der Waals surface area contributed by atoms with Crippen molar-refractivity contribution in [2.24, 2.45) is 0 Å². The highest BCUT2D eigenvalue weighted by atomic mass is 32.2. The molecule has 2 aromatic rings. The first-order chi connectivity index (χ1) is 16.6. The Labute approximate surface area is 204 Å². The molecule has 8 heteroatoms. The van der Waals surface area contributed by atoms with Crippen molar-refractivity contribution in [3.63, 3.8) is 0 Å². The van der Waals surface area contributed by atoms with Gasteiger partial charge in [0.15, 0.2) is 0 Å². The van der Waals surface area contributed by atoms with Gasteiger partial charge in [-0.1, -0.05) is 30.3 Å². The van der Waals surface area contributed by atoms with Crippen molar-refractivity contribution in [2.75, 3.05) is 55.6 Å². The SMILES string of the molecule is O=C(CN1C(=O)S/C(=C\c2ccc(N3CCCC3)cc2)C1=O)N1CCN(c2ccccc2)CC1. The molecule has 0 aliphatic carbocycles. The minimum Gasteiger partial charge on any atom is -0.372 e. The number of carbonyl (C=O) groups excluding carboxylic acids is 3. The molecule has 3 saturated heterocycles. The smallest absolute Gasteiger partial charge is 0.294 e. The van der Waals surface area contributed by atoms with E-state index in [9.17, 15) is 14.4 Å². The van der Waals surface area contributed by atoms with Gasteiger partial charge < -0.3 is 14.7 Å². The van der Waals surface area contributed by atoms with Crippen LogP contribution in [0.3, 0.4) is 0 Å². The van der Waals surface area contributed by atoms with Gasteiger partial charge in [-0.2, -0.15) is 0 Å². The van der Waals surface area contributed by atoms with Gasteiger partial charge in [0.05, 0.1) is 4.91 Å². The zero-order chi connectivity index (χ0) is 23.5. The fourth-order valence-electron chi connectivity index (χ4n) is 4.63. The number of benzene rings is 2. The van der Waals surface area contributed by atoms with E-state index >= 15 is 0 Å². The molecule has 0 saturated carbocycles. The Bertz CT molecular complexity index is 1090. The van der Waals surface area contributed by atoms with Crippen molar-refractivity contribution in [2.45, 2.75) is 12.8 Å². The van der Waals surface area contributed by atoms with Gasteiger partial charge in [-0.05, 0) is 60.5 Å². The van der Waals surface area contributed by atoms with Gasteiger partial charge in [0.1, 0.15) is 6.54 Å². The molecule has 3 aliphatic rings. The predicted octanol–water partition coefficient (Wildman–Crippen LogP) is 3.67. The van der Waals surface area contributed by atoms with Gasteiger partial charge in [-0.3, -0.25) is 19.3 Å². The molecule has 3 amide bonds. The van der Waals surface area contributed by atoms with Crippen LogP contribution in [0.2, 0.25) is 0 Å². The lowest BCUT2D eigenvalue weighted by molar-refractivity contribution is -0.136. The van der Waals surface area contributed by atoms with Crippen LogP contribution in [0.4, 0.5) is 16.2 Å². The van der Waals surface area contributed by atoms with Gasteiger partial charge in [0.25, 0.3) is 11.1 Å². The first-order valence-corrected chi connectivity index (χ1v) is 12.6. The fourth-order valence-corrected chi connectivity index (χ4v) is 5.47. The highest BCUT2D eigenvalue weighted by molar-refractivity contribution is 8.18. The predicted molar refractivity (Wildman–Crippen MR) is 136 cm³/mol. The molecule has 3 fully saturated rings. The molecule has 176 valence electrons. The van der Waals surface area contributed by atoms with Crippen molar-refractivity contribution >= 4 is 46.3 Å². The molecule has 34 heavy (non-hydrogen) atoms. The fraction of sp³-hybridized carbons (Fsp3) is 0.346. The Kier molecular flexibility index (Phi) is 6.58. The van der Waals surface area contributed by atoms with Gasteiger partial charge in [-0.25, -0.2) is 0 Å².